The van der Waals surface area contributed by atoms with Crippen molar-refractivity contribution >= 4 is 16.0 Å². The molecule has 1 saturated heterocycles. The Balaban J connectivity index is 1.75. The third kappa shape index (κ3) is 4.54. The van der Waals surface area contributed by atoms with Crippen LogP contribution >= 0.6 is 0 Å². The Morgan fingerprint density at radius 1 is 1.19 bits per heavy atom. The minimum absolute atomic E-state index is 0.0627. The summed E-state index contributed by atoms with van der Waals surface area (Å²) in [6, 6.07) is 11.6. The number of piperidine rings is 1. The third-order valence-corrected chi connectivity index (χ3v) is 6.69. The summed E-state index contributed by atoms with van der Waals surface area (Å²) in [5.74, 6) is -1.06. The van der Waals surface area contributed by atoms with E-state index in [4.69, 9.17) is 4.74 Å². The number of esters is 1. The van der Waals surface area contributed by atoms with Crippen LogP contribution in [-0.2, 0) is 21.4 Å². The van der Waals surface area contributed by atoms with Gasteiger partial charge in [0.15, 0.2) is 0 Å². The molecule has 1 aliphatic rings. The Morgan fingerprint density at radius 3 is 2.70 bits per heavy atom. The first-order valence-electron chi connectivity index (χ1n) is 8.91. The molecular formula is C20H22FNO4S. The maximum atomic E-state index is 13.2. The zero-order valence-corrected chi connectivity index (χ0v) is 15.9. The normalized spacial score (nSPS) is 18.2. The Hall–Kier alpha value is -2.25. The summed E-state index contributed by atoms with van der Waals surface area (Å²) in [5.41, 5.74) is 0.673. The zero-order valence-electron chi connectivity index (χ0n) is 15.1. The van der Waals surface area contributed by atoms with Crippen LogP contribution in [0.25, 0.3) is 0 Å². The van der Waals surface area contributed by atoms with E-state index in [0.29, 0.717) is 12.1 Å². The number of hydrogen-bond acceptors (Lipinski definition) is 4. The summed E-state index contributed by atoms with van der Waals surface area (Å²) in [6.07, 6.45) is 2.67. The molecule has 2 aromatic carbocycles. The maximum Gasteiger partial charge on any atom is 0.338 e. The lowest BCUT2D eigenvalue weighted by Gasteiger charge is -2.32. The molecular weight excluding hydrogens is 369 g/mol. The second-order valence-electron chi connectivity index (χ2n) is 6.69. The van der Waals surface area contributed by atoms with E-state index >= 15 is 0 Å². The van der Waals surface area contributed by atoms with Crippen LogP contribution in [0.5, 0.6) is 0 Å². The second kappa shape index (κ2) is 8.19. The maximum absolute atomic E-state index is 13.2. The number of ether oxygens (including phenoxy) is 1. The van der Waals surface area contributed by atoms with Crippen LogP contribution in [0, 0.1) is 5.82 Å². The molecule has 0 bridgehead atoms. The van der Waals surface area contributed by atoms with Crippen molar-refractivity contribution < 1.29 is 22.3 Å². The van der Waals surface area contributed by atoms with E-state index in [1.807, 2.05) is 6.92 Å². The fourth-order valence-electron chi connectivity index (χ4n) is 3.21. The van der Waals surface area contributed by atoms with Gasteiger partial charge in [-0.1, -0.05) is 24.6 Å². The zero-order chi connectivity index (χ0) is 19.4. The smallest absolute Gasteiger partial charge is 0.338 e. The highest BCUT2D eigenvalue weighted by Crippen LogP contribution is 2.25. The number of nitrogens with zero attached hydrogens (tertiary/aromatic N) is 1. The number of halogens is 1. The molecule has 0 aliphatic carbocycles. The Bertz CT molecular complexity index is 929. The first-order valence-corrected chi connectivity index (χ1v) is 10.4. The van der Waals surface area contributed by atoms with E-state index in [9.17, 15) is 17.6 Å². The number of sulfonamides is 1. The fraction of sp³-hybridized carbons (Fsp3) is 0.350. The minimum Gasteiger partial charge on any atom is -0.457 e. The third-order valence-electron chi connectivity index (χ3n) is 4.68. The summed E-state index contributed by atoms with van der Waals surface area (Å²) in [6.45, 7) is 2.29. The Morgan fingerprint density at radius 2 is 1.96 bits per heavy atom. The van der Waals surface area contributed by atoms with E-state index in [2.05, 4.69) is 0 Å². The van der Waals surface area contributed by atoms with E-state index in [-0.39, 0.29) is 23.1 Å². The molecule has 0 N–H and O–H groups in total. The summed E-state index contributed by atoms with van der Waals surface area (Å²) in [7, 11) is -3.66. The molecule has 3 rings (SSSR count). The molecule has 0 radical (unpaired) electrons. The van der Waals surface area contributed by atoms with Gasteiger partial charge >= 0.3 is 5.97 Å². The minimum atomic E-state index is -3.66. The summed E-state index contributed by atoms with van der Waals surface area (Å²) >= 11 is 0. The topological polar surface area (TPSA) is 63.7 Å². The highest BCUT2D eigenvalue weighted by atomic mass is 32.2. The molecule has 5 nitrogen and oxygen atoms in total. The highest BCUT2D eigenvalue weighted by Gasteiger charge is 2.31. The number of carbonyl (C=O) groups excluding carboxylic acids is 1. The number of hydrogen-bond donors (Lipinski definition) is 0. The monoisotopic (exact) mass is 391 g/mol. The van der Waals surface area contributed by atoms with Crippen LogP contribution in [0.2, 0.25) is 0 Å². The van der Waals surface area contributed by atoms with Crippen molar-refractivity contribution in [1.82, 2.24) is 4.31 Å². The summed E-state index contributed by atoms with van der Waals surface area (Å²) < 4.78 is 45.7. The molecule has 0 aromatic heterocycles. The van der Waals surface area contributed by atoms with E-state index in [0.717, 1.165) is 19.3 Å². The van der Waals surface area contributed by atoms with Gasteiger partial charge in [0.25, 0.3) is 0 Å². The fourth-order valence-corrected chi connectivity index (χ4v) is 4.95. The lowest BCUT2D eigenvalue weighted by atomic mass is 10.1. The molecule has 0 unspecified atom stereocenters. The van der Waals surface area contributed by atoms with Gasteiger partial charge in [-0.3, -0.25) is 0 Å². The lowest BCUT2D eigenvalue weighted by molar-refractivity contribution is 0.0472. The summed E-state index contributed by atoms with van der Waals surface area (Å²) in [4.78, 5) is 12.4. The predicted octanol–water partition coefficient (Wildman–Crippen LogP) is 3.75. The molecule has 1 atom stereocenters. The molecule has 0 amide bonds. The summed E-state index contributed by atoms with van der Waals surface area (Å²) in [5, 5.41) is 0. The second-order valence-corrected chi connectivity index (χ2v) is 8.58. The predicted molar refractivity (Wildman–Crippen MR) is 99.2 cm³/mol. The number of rotatable bonds is 5. The SMILES string of the molecule is C[C@@H]1CCCCN1S(=O)(=O)c1cccc(C(=O)OCc2cccc(F)c2)c1. The van der Waals surface area contributed by atoms with Gasteiger partial charge in [0.1, 0.15) is 12.4 Å². The standard InChI is InChI=1S/C20H22FNO4S/c1-15-6-2-3-11-22(15)27(24,25)19-10-5-8-17(13-19)20(23)26-14-16-7-4-9-18(21)12-16/h4-5,7-10,12-13,15H,2-3,6,11,14H2,1H3/t15-/m1/s1. The van der Waals surface area contributed by atoms with Crippen LogP contribution in [0.1, 0.15) is 42.1 Å². The van der Waals surface area contributed by atoms with Gasteiger partial charge in [0, 0.05) is 12.6 Å². The van der Waals surface area contributed by atoms with Gasteiger partial charge in [-0.2, -0.15) is 4.31 Å². The van der Waals surface area contributed by atoms with Crippen LogP contribution in [-0.4, -0.2) is 31.3 Å². The van der Waals surface area contributed by atoms with Crippen LogP contribution in [0.4, 0.5) is 4.39 Å². The van der Waals surface area contributed by atoms with Gasteiger partial charge in [0.05, 0.1) is 10.5 Å². The van der Waals surface area contributed by atoms with E-state index in [1.54, 1.807) is 6.07 Å². The van der Waals surface area contributed by atoms with Crippen LogP contribution < -0.4 is 0 Å². The molecule has 1 aliphatic heterocycles. The van der Waals surface area contributed by atoms with E-state index < -0.39 is 21.8 Å². The van der Waals surface area contributed by atoms with Gasteiger partial charge in [0.2, 0.25) is 10.0 Å². The van der Waals surface area contributed by atoms with E-state index in [1.165, 1.54) is 46.8 Å². The van der Waals surface area contributed by atoms with Crippen molar-refractivity contribution in [3.63, 3.8) is 0 Å². The number of benzene rings is 2. The van der Waals surface area contributed by atoms with Crippen LogP contribution in [0.3, 0.4) is 0 Å². The van der Waals surface area contributed by atoms with Crippen molar-refractivity contribution in [3.05, 3.63) is 65.5 Å². The van der Waals surface area contributed by atoms with Crippen molar-refractivity contribution in [2.24, 2.45) is 0 Å². The highest BCUT2D eigenvalue weighted by molar-refractivity contribution is 7.89. The van der Waals surface area contributed by atoms with Gasteiger partial charge in [-0.15, -0.1) is 0 Å². The average Bonchev–Trinajstić information content (AvgIpc) is 2.66. The first kappa shape index (κ1) is 19.5. The van der Waals surface area contributed by atoms with Crippen molar-refractivity contribution in [2.45, 2.75) is 43.7 Å². The Kier molecular flexibility index (Phi) is 5.92. The van der Waals surface area contributed by atoms with Crippen molar-refractivity contribution in [2.75, 3.05) is 6.54 Å². The molecule has 2 aromatic rings. The molecule has 1 fully saturated rings. The molecule has 0 spiro atoms. The molecule has 1 heterocycles. The quantitative estimate of drug-likeness (QED) is 0.729. The van der Waals surface area contributed by atoms with Gasteiger partial charge in [-0.05, 0) is 55.7 Å². The van der Waals surface area contributed by atoms with Crippen molar-refractivity contribution in [3.8, 4) is 0 Å². The first-order chi connectivity index (χ1) is 12.9. The van der Waals surface area contributed by atoms with Gasteiger partial charge in [-0.25, -0.2) is 17.6 Å². The van der Waals surface area contributed by atoms with Gasteiger partial charge < -0.3 is 4.74 Å². The largest absolute Gasteiger partial charge is 0.457 e. The number of carbonyl (C=O) groups is 1. The Labute approximate surface area is 158 Å². The van der Waals surface area contributed by atoms with Crippen molar-refractivity contribution in [1.29, 1.82) is 0 Å². The molecule has 7 heteroatoms. The lowest BCUT2D eigenvalue weighted by Crippen LogP contribution is -2.41. The molecule has 27 heavy (non-hydrogen) atoms. The van der Waals surface area contributed by atoms with Crippen LogP contribution in [0.15, 0.2) is 53.4 Å². The average molecular weight is 391 g/mol. The molecule has 0 saturated carbocycles. The molecule has 144 valence electrons.